The minimum absolute atomic E-state index is 0.0164. The largest absolute Gasteiger partial charge is 0.344 e. The van der Waals surface area contributed by atoms with Gasteiger partial charge in [-0.15, -0.1) is 0 Å². The fourth-order valence-corrected chi connectivity index (χ4v) is 2.89. The molecule has 2 saturated heterocycles. The number of nitrogens with zero attached hydrogens (tertiary/aromatic N) is 1. The Morgan fingerprint density at radius 1 is 1.47 bits per heavy atom. The maximum absolute atomic E-state index is 12.4. The van der Waals surface area contributed by atoms with Crippen LogP contribution in [-0.2, 0) is 9.59 Å². The minimum atomic E-state index is -0.322. The third kappa shape index (κ3) is 2.44. The van der Waals surface area contributed by atoms with Gasteiger partial charge in [-0.1, -0.05) is 0 Å². The van der Waals surface area contributed by atoms with Crippen molar-refractivity contribution >= 4 is 11.8 Å². The Morgan fingerprint density at radius 3 is 2.82 bits per heavy atom. The smallest absolute Gasteiger partial charge is 0.245 e. The van der Waals surface area contributed by atoms with Crippen molar-refractivity contribution in [1.29, 1.82) is 0 Å². The molecule has 0 bridgehead atoms. The lowest BCUT2D eigenvalue weighted by Gasteiger charge is -2.41. The van der Waals surface area contributed by atoms with E-state index in [0.29, 0.717) is 19.4 Å². The van der Waals surface area contributed by atoms with Crippen LogP contribution < -0.4 is 11.1 Å². The maximum Gasteiger partial charge on any atom is 0.245 e. The molecule has 0 radical (unpaired) electrons. The number of rotatable bonds is 2. The van der Waals surface area contributed by atoms with Crippen LogP contribution >= 0.6 is 0 Å². The summed E-state index contributed by atoms with van der Waals surface area (Å²) in [5.74, 6) is 0.0378. The fourth-order valence-electron chi connectivity index (χ4n) is 2.89. The second-order valence-electron chi connectivity index (χ2n) is 5.07. The second kappa shape index (κ2) is 5.04. The first-order valence-corrected chi connectivity index (χ1v) is 6.45. The van der Waals surface area contributed by atoms with Gasteiger partial charge in [0, 0.05) is 25.0 Å². The van der Waals surface area contributed by atoms with Gasteiger partial charge in [-0.05, 0) is 32.6 Å². The summed E-state index contributed by atoms with van der Waals surface area (Å²) in [4.78, 5) is 25.5. The van der Waals surface area contributed by atoms with E-state index in [0.717, 1.165) is 19.3 Å². The molecule has 5 heteroatoms. The Balaban J connectivity index is 2.07. The number of likely N-dealkylation sites (tertiary alicyclic amines) is 1. The number of carbonyl (C=O) groups excluding carboxylic acids is 2. The van der Waals surface area contributed by atoms with Gasteiger partial charge in [0.05, 0.1) is 0 Å². The fraction of sp³-hybridized carbons (Fsp3) is 0.833. The van der Waals surface area contributed by atoms with E-state index < -0.39 is 0 Å². The van der Waals surface area contributed by atoms with Gasteiger partial charge in [-0.2, -0.15) is 0 Å². The van der Waals surface area contributed by atoms with Gasteiger partial charge in [0.25, 0.3) is 0 Å². The molecule has 3 atom stereocenters. The molecule has 17 heavy (non-hydrogen) atoms. The number of amides is 2. The van der Waals surface area contributed by atoms with E-state index in [-0.39, 0.29) is 29.9 Å². The van der Waals surface area contributed by atoms with Crippen LogP contribution in [-0.4, -0.2) is 41.4 Å². The van der Waals surface area contributed by atoms with Gasteiger partial charge in [0.15, 0.2) is 0 Å². The molecule has 3 unspecified atom stereocenters. The van der Waals surface area contributed by atoms with Crippen LogP contribution in [0.25, 0.3) is 0 Å². The molecule has 96 valence electrons. The molecular weight excluding hydrogens is 218 g/mol. The molecule has 2 rings (SSSR count). The zero-order chi connectivity index (χ0) is 12.4. The zero-order valence-corrected chi connectivity index (χ0v) is 10.3. The van der Waals surface area contributed by atoms with Crippen LogP contribution in [0.3, 0.4) is 0 Å². The van der Waals surface area contributed by atoms with Gasteiger partial charge < -0.3 is 16.0 Å². The summed E-state index contributed by atoms with van der Waals surface area (Å²) in [6, 6.07) is 0.0585. The SMILES string of the molecule is CC1CCCC(CN)N1C(=O)C1CCC(=O)N1. The first-order valence-electron chi connectivity index (χ1n) is 6.45. The van der Waals surface area contributed by atoms with Crippen molar-refractivity contribution in [3.8, 4) is 0 Å². The molecule has 2 amide bonds. The molecule has 0 aromatic carbocycles. The number of piperidine rings is 1. The van der Waals surface area contributed by atoms with Crippen molar-refractivity contribution in [2.24, 2.45) is 5.73 Å². The van der Waals surface area contributed by atoms with E-state index in [1.807, 2.05) is 4.90 Å². The van der Waals surface area contributed by atoms with E-state index in [4.69, 9.17) is 5.73 Å². The van der Waals surface area contributed by atoms with Crippen LogP contribution in [0.2, 0.25) is 0 Å². The minimum Gasteiger partial charge on any atom is -0.344 e. The molecule has 5 nitrogen and oxygen atoms in total. The number of nitrogens with one attached hydrogen (secondary N) is 1. The lowest BCUT2D eigenvalue weighted by atomic mass is 9.95. The normalized spacial score (nSPS) is 33.6. The summed E-state index contributed by atoms with van der Waals surface area (Å²) < 4.78 is 0. The van der Waals surface area contributed by atoms with Gasteiger partial charge in [-0.3, -0.25) is 9.59 Å². The summed E-state index contributed by atoms with van der Waals surface area (Å²) in [5.41, 5.74) is 5.74. The Morgan fingerprint density at radius 2 is 2.24 bits per heavy atom. The Labute approximate surface area is 102 Å². The topological polar surface area (TPSA) is 75.4 Å². The van der Waals surface area contributed by atoms with Gasteiger partial charge in [0.2, 0.25) is 11.8 Å². The van der Waals surface area contributed by atoms with Crippen molar-refractivity contribution in [3.63, 3.8) is 0 Å². The number of nitrogens with two attached hydrogens (primary N) is 1. The Bertz CT molecular complexity index is 319. The standard InChI is InChI=1S/C12H21N3O2/c1-8-3-2-4-9(7-13)15(8)12(17)10-5-6-11(16)14-10/h8-10H,2-7,13H2,1H3,(H,14,16). The van der Waals surface area contributed by atoms with Gasteiger partial charge in [0.1, 0.15) is 6.04 Å². The Kier molecular flexibility index (Phi) is 3.66. The lowest BCUT2D eigenvalue weighted by molar-refractivity contribution is -0.140. The average Bonchev–Trinajstić information content (AvgIpc) is 2.74. The Hall–Kier alpha value is -1.10. The highest BCUT2D eigenvalue weighted by molar-refractivity contribution is 5.91. The first kappa shape index (κ1) is 12.4. The molecule has 0 spiro atoms. The summed E-state index contributed by atoms with van der Waals surface area (Å²) in [6.45, 7) is 2.58. The van der Waals surface area contributed by atoms with E-state index in [2.05, 4.69) is 12.2 Å². The summed E-state index contributed by atoms with van der Waals surface area (Å²) in [7, 11) is 0. The van der Waals surface area contributed by atoms with Crippen LogP contribution in [0.15, 0.2) is 0 Å². The van der Waals surface area contributed by atoms with Crippen LogP contribution in [0.1, 0.15) is 39.0 Å². The van der Waals surface area contributed by atoms with E-state index in [1.165, 1.54) is 0 Å². The second-order valence-corrected chi connectivity index (χ2v) is 5.07. The molecule has 2 aliphatic heterocycles. The first-order chi connectivity index (χ1) is 8.13. The third-order valence-electron chi connectivity index (χ3n) is 3.85. The number of hydrogen-bond acceptors (Lipinski definition) is 3. The van der Waals surface area contributed by atoms with Gasteiger partial charge in [-0.25, -0.2) is 0 Å². The molecule has 0 aromatic heterocycles. The van der Waals surface area contributed by atoms with E-state index in [9.17, 15) is 9.59 Å². The molecule has 2 aliphatic rings. The van der Waals surface area contributed by atoms with Crippen LogP contribution in [0.5, 0.6) is 0 Å². The van der Waals surface area contributed by atoms with Crippen molar-refractivity contribution in [2.45, 2.75) is 57.2 Å². The summed E-state index contributed by atoms with van der Waals surface area (Å²) >= 11 is 0. The molecule has 3 N–H and O–H groups in total. The van der Waals surface area contributed by atoms with Crippen LogP contribution in [0.4, 0.5) is 0 Å². The number of carbonyl (C=O) groups is 2. The molecule has 0 saturated carbocycles. The predicted octanol–water partition coefficient (Wildman–Crippen LogP) is -0.00670. The molecule has 0 aromatic rings. The predicted molar refractivity (Wildman–Crippen MR) is 64.2 cm³/mol. The molecule has 2 fully saturated rings. The number of hydrogen-bond donors (Lipinski definition) is 2. The van der Waals surface area contributed by atoms with E-state index >= 15 is 0 Å². The monoisotopic (exact) mass is 239 g/mol. The highest BCUT2D eigenvalue weighted by Gasteiger charge is 2.37. The van der Waals surface area contributed by atoms with Gasteiger partial charge >= 0.3 is 0 Å². The lowest BCUT2D eigenvalue weighted by Crippen LogP contribution is -2.56. The zero-order valence-electron chi connectivity index (χ0n) is 10.3. The van der Waals surface area contributed by atoms with Crippen molar-refractivity contribution < 1.29 is 9.59 Å². The van der Waals surface area contributed by atoms with E-state index in [1.54, 1.807) is 0 Å². The summed E-state index contributed by atoms with van der Waals surface area (Å²) in [5, 5.41) is 2.75. The van der Waals surface area contributed by atoms with Crippen molar-refractivity contribution in [3.05, 3.63) is 0 Å². The maximum atomic E-state index is 12.4. The quantitative estimate of drug-likeness (QED) is 0.712. The third-order valence-corrected chi connectivity index (χ3v) is 3.85. The van der Waals surface area contributed by atoms with Crippen molar-refractivity contribution in [2.75, 3.05) is 6.54 Å². The highest BCUT2D eigenvalue weighted by atomic mass is 16.2. The van der Waals surface area contributed by atoms with Crippen molar-refractivity contribution in [1.82, 2.24) is 10.2 Å². The average molecular weight is 239 g/mol. The van der Waals surface area contributed by atoms with Crippen LogP contribution in [0, 0.1) is 0 Å². The highest BCUT2D eigenvalue weighted by Crippen LogP contribution is 2.24. The molecule has 0 aliphatic carbocycles. The molecule has 2 heterocycles. The molecular formula is C12H21N3O2. The summed E-state index contributed by atoms with van der Waals surface area (Å²) in [6.07, 6.45) is 4.23.